The average molecular weight is 461 g/mol. The van der Waals surface area contributed by atoms with E-state index in [1.165, 1.54) is 23.9 Å². The molecule has 0 fully saturated rings. The molecule has 0 atom stereocenters. The molecule has 1 N–H and O–H groups in total. The molecule has 0 heterocycles. The van der Waals surface area contributed by atoms with Crippen LogP contribution in [0.15, 0.2) is 35.2 Å². The van der Waals surface area contributed by atoms with Crippen molar-refractivity contribution in [1.82, 2.24) is 0 Å². The summed E-state index contributed by atoms with van der Waals surface area (Å²) in [5.41, 5.74) is 0.679. The van der Waals surface area contributed by atoms with Crippen LogP contribution in [0.3, 0.4) is 0 Å². The molecule has 5 nitrogen and oxygen atoms in total. The summed E-state index contributed by atoms with van der Waals surface area (Å²) in [5.74, 6) is 0.293. The minimum absolute atomic E-state index is 0.0869. The standard InChI is InChI=1S/C17H12Cl3N3O2S2/c18-12-7-14(19)17(15(20)8-12)23-27(24,25)6-2-5-26-16-4-1-3-11(9-21)13(16)10-22/h1,3-4,7-8,23H,2,5-6H2. The predicted molar refractivity (Wildman–Crippen MR) is 110 cm³/mol. The van der Waals surface area contributed by atoms with E-state index in [2.05, 4.69) is 4.72 Å². The van der Waals surface area contributed by atoms with Crippen molar-refractivity contribution in [2.24, 2.45) is 0 Å². The first-order valence-corrected chi connectivity index (χ1v) is 11.3. The number of sulfonamides is 1. The van der Waals surface area contributed by atoms with Gasteiger partial charge in [0.25, 0.3) is 0 Å². The molecule has 0 aromatic heterocycles. The number of nitriles is 2. The minimum atomic E-state index is -3.67. The molecule has 0 bridgehead atoms. The van der Waals surface area contributed by atoms with E-state index in [4.69, 9.17) is 40.1 Å². The van der Waals surface area contributed by atoms with Crippen molar-refractivity contribution in [1.29, 1.82) is 10.5 Å². The largest absolute Gasteiger partial charge is 0.281 e. The molecule has 140 valence electrons. The van der Waals surface area contributed by atoms with Gasteiger partial charge in [0, 0.05) is 9.92 Å². The normalized spacial score (nSPS) is 10.9. The van der Waals surface area contributed by atoms with Crippen molar-refractivity contribution in [3.05, 3.63) is 56.5 Å². The Balaban J connectivity index is 1.98. The maximum atomic E-state index is 12.3. The number of benzene rings is 2. The fourth-order valence-electron chi connectivity index (χ4n) is 2.14. The van der Waals surface area contributed by atoms with Crippen molar-refractivity contribution < 1.29 is 8.42 Å². The zero-order valence-electron chi connectivity index (χ0n) is 13.7. The molecule has 0 saturated carbocycles. The van der Waals surface area contributed by atoms with Crippen LogP contribution in [0.5, 0.6) is 0 Å². The summed E-state index contributed by atoms with van der Waals surface area (Å²) in [7, 11) is -3.67. The monoisotopic (exact) mass is 459 g/mol. The summed E-state index contributed by atoms with van der Waals surface area (Å²) in [6.07, 6.45) is 0.324. The smallest absolute Gasteiger partial charge is 0.232 e. The summed E-state index contributed by atoms with van der Waals surface area (Å²) in [5, 5.41) is 18.7. The molecule has 0 aliphatic rings. The Morgan fingerprint density at radius 2 is 1.74 bits per heavy atom. The zero-order chi connectivity index (χ0) is 20.0. The Bertz CT molecular complexity index is 1020. The lowest BCUT2D eigenvalue weighted by Crippen LogP contribution is -2.17. The fourth-order valence-corrected chi connectivity index (χ4v) is 5.48. The number of nitrogens with zero attached hydrogens (tertiary/aromatic N) is 2. The van der Waals surface area contributed by atoms with Gasteiger partial charge in [0.2, 0.25) is 10.0 Å². The molecule has 0 saturated heterocycles. The minimum Gasteiger partial charge on any atom is -0.281 e. The molecular weight excluding hydrogens is 449 g/mol. The first-order valence-electron chi connectivity index (χ1n) is 7.48. The van der Waals surface area contributed by atoms with Gasteiger partial charge in [0.05, 0.1) is 32.6 Å². The number of halogens is 3. The predicted octanol–water partition coefficient (Wildman–Crippen LogP) is 5.31. The second-order valence-electron chi connectivity index (χ2n) is 5.27. The Morgan fingerprint density at radius 1 is 1.07 bits per heavy atom. The van der Waals surface area contributed by atoms with Crippen LogP contribution in [0.2, 0.25) is 15.1 Å². The Hall–Kier alpha value is -1.61. The Kier molecular flexibility index (Phi) is 7.67. The molecule has 2 rings (SSSR count). The first-order chi connectivity index (χ1) is 12.8. The third kappa shape index (κ3) is 5.93. The van der Waals surface area contributed by atoms with Crippen molar-refractivity contribution in [2.45, 2.75) is 11.3 Å². The van der Waals surface area contributed by atoms with Crippen LogP contribution in [-0.4, -0.2) is 19.9 Å². The van der Waals surface area contributed by atoms with Gasteiger partial charge in [-0.25, -0.2) is 8.42 Å². The topological polar surface area (TPSA) is 93.8 Å². The number of hydrogen-bond acceptors (Lipinski definition) is 5. The van der Waals surface area contributed by atoms with E-state index in [1.54, 1.807) is 18.2 Å². The van der Waals surface area contributed by atoms with Crippen LogP contribution in [0.25, 0.3) is 0 Å². The zero-order valence-corrected chi connectivity index (χ0v) is 17.6. The van der Waals surface area contributed by atoms with Gasteiger partial charge in [-0.05, 0) is 36.4 Å². The lowest BCUT2D eigenvalue weighted by molar-refractivity contribution is 0.600. The second kappa shape index (κ2) is 9.54. The van der Waals surface area contributed by atoms with E-state index < -0.39 is 10.0 Å². The van der Waals surface area contributed by atoms with E-state index in [0.717, 1.165) is 0 Å². The van der Waals surface area contributed by atoms with E-state index in [1.807, 2.05) is 12.1 Å². The molecule has 27 heavy (non-hydrogen) atoms. The molecule has 0 unspecified atom stereocenters. The number of thioether (sulfide) groups is 1. The van der Waals surface area contributed by atoms with E-state index in [0.29, 0.717) is 33.2 Å². The van der Waals surface area contributed by atoms with Crippen LogP contribution in [0, 0.1) is 22.7 Å². The molecule has 10 heteroatoms. The van der Waals surface area contributed by atoms with Gasteiger partial charge >= 0.3 is 0 Å². The fraction of sp³-hybridized carbons (Fsp3) is 0.176. The molecule has 0 amide bonds. The van der Waals surface area contributed by atoms with Gasteiger partial charge in [-0.2, -0.15) is 10.5 Å². The number of nitrogens with one attached hydrogen (secondary N) is 1. The van der Waals surface area contributed by atoms with Gasteiger partial charge in [0.15, 0.2) is 0 Å². The average Bonchev–Trinajstić information content (AvgIpc) is 2.61. The second-order valence-corrected chi connectivity index (χ2v) is 9.50. The van der Waals surface area contributed by atoms with Crippen molar-refractivity contribution in [3.8, 4) is 12.1 Å². The van der Waals surface area contributed by atoms with Crippen LogP contribution in [-0.2, 0) is 10.0 Å². The van der Waals surface area contributed by atoms with Crippen molar-refractivity contribution in [3.63, 3.8) is 0 Å². The third-order valence-corrected chi connectivity index (χ3v) is 6.64. The number of anilines is 1. The van der Waals surface area contributed by atoms with Gasteiger partial charge in [-0.15, -0.1) is 11.8 Å². The highest BCUT2D eigenvalue weighted by Gasteiger charge is 2.16. The Labute approximate surface area is 176 Å². The van der Waals surface area contributed by atoms with Gasteiger partial charge in [0.1, 0.15) is 12.1 Å². The maximum Gasteiger partial charge on any atom is 0.232 e. The molecule has 0 spiro atoms. The van der Waals surface area contributed by atoms with Crippen LogP contribution < -0.4 is 4.72 Å². The van der Waals surface area contributed by atoms with Gasteiger partial charge in [-0.1, -0.05) is 40.9 Å². The summed E-state index contributed by atoms with van der Waals surface area (Å²) < 4.78 is 26.9. The summed E-state index contributed by atoms with van der Waals surface area (Å²) >= 11 is 19.1. The molecule has 2 aromatic carbocycles. The third-order valence-electron chi connectivity index (χ3n) is 3.34. The van der Waals surface area contributed by atoms with E-state index >= 15 is 0 Å². The SMILES string of the molecule is N#Cc1cccc(SCCCS(=O)(=O)Nc2c(Cl)cc(Cl)cc2Cl)c1C#N. The number of hydrogen-bond donors (Lipinski definition) is 1. The van der Waals surface area contributed by atoms with Gasteiger partial charge < -0.3 is 0 Å². The molecule has 0 aliphatic heterocycles. The lowest BCUT2D eigenvalue weighted by atomic mass is 10.1. The molecular formula is C17H12Cl3N3O2S2. The molecule has 0 aliphatic carbocycles. The van der Waals surface area contributed by atoms with E-state index in [9.17, 15) is 13.7 Å². The van der Waals surface area contributed by atoms with Crippen molar-refractivity contribution >= 4 is 62.3 Å². The van der Waals surface area contributed by atoms with Gasteiger partial charge in [-0.3, -0.25) is 4.72 Å². The molecule has 2 aromatic rings. The van der Waals surface area contributed by atoms with Crippen LogP contribution in [0.1, 0.15) is 17.5 Å². The van der Waals surface area contributed by atoms with Crippen LogP contribution >= 0.6 is 46.6 Å². The molecule has 0 radical (unpaired) electrons. The highest BCUT2D eigenvalue weighted by molar-refractivity contribution is 7.99. The first kappa shape index (κ1) is 21.7. The summed E-state index contributed by atoms with van der Waals surface area (Å²) in [6.45, 7) is 0. The lowest BCUT2D eigenvalue weighted by Gasteiger charge is -2.12. The Morgan fingerprint density at radius 3 is 2.33 bits per heavy atom. The van der Waals surface area contributed by atoms with Crippen LogP contribution in [0.4, 0.5) is 5.69 Å². The quantitative estimate of drug-likeness (QED) is 0.446. The summed E-state index contributed by atoms with van der Waals surface area (Å²) in [4.78, 5) is 0.644. The van der Waals surface area contributed by atoms with E-state index in [-0.39, 0.29) is 21.5 Å². The summed E-state index contributed by atoms with van der Waals surface area (Å²) in [6, 6.07) is 11.7. The maximum absolute atomic E-state index is 12.3. The highest BCUT2D eigenvalue weighted by atomic mass is 35.5. The highest BCUT2D eigenvalue weighted by Crippen LogP contribution is 2.34. The number of rotatable bonds is 7. The van der Waals surface area contributed by atoms with Crippen molar-refractivity contribution in [2.75, 3.05) is 16.2 Å².